The molecule has 86 valence electrons. The summed E-state index contributed by atoms with van der Waals surface area (Å²) in [6.07, 6.45) is 2.91. The van der Waals surface area contributed by atoms with E-state index in [0.29, 0.717) is 0 Å². The lowest BCUT2D eigenvalue weighted by Gasteiger charge is -2.19. The summed E-state index contributed by atoms with van der Waals surface area (Å²) in [5, 5.41) is 0. The molecule has 2 heteroatoms. The summed E-state index contributed by atoms with van der Waals surface area (Å²) >= 11 is 0. The molecule has 16 heavy (non-hydrogen) atoms. The van der Waals surface area contributed by atoms with Crippen LogP contribution in [0.25, 0.3) is 0 Å². The topological polar surface area (TPSA) is 29.3 Å². The molecule has 0 aromatic heterocycles. The van der Waals surface area contributed by atoms with Crippen molar-refractivity contribution >= 4 is 5.69 Å². The van der Waals surface area contributed by atoms with E-state index >= 15 is 0 Å². The lowest BCUT2D eigenvalue weighted by Crippen LogP contribution is -2.24. The molecule has 0 bridgehead atoms. The van der Waals surface area contributed by atoms with Gasteiger partial charge < -0.3 is 5.73 Å². The number of nitrogens with two attached hydrogens (primary N) is 1. The largest absolute Gasteiger partial charge is 0.399 e. The first kappa shape index (κ1) is 10.2. The number of fused-ring (bicyclic) bond motifs is 1. The molecule has 1 aromatic carbocycles. The highest BCUT2D eigenvalue weighted by Crippen LogP contribution is 2.38. The SMILES string of the molecule is CC(CN1Cc2ccc(N)cc2C1)C1CC1. The summed E-state index contributed by atoms with van der Waals surface area (Å²) < 4.78 is 0. The lowest BCUT2D eigenvalue weighted by molar-refractivity contribution is 0.231. The number of benzene rings is 1. The van der Waals surface area contributed by atoms with Crippen LogP contribution in [0.5, 0.6) is 0 Å². The summed E-state index contributed by atoms with van der Waals surface area (Å²) in [7, 11) is 0. The Morgan fingerprint density at radius 2 is 2.06 bits per heavy atom. The van der Waals surface area contributed by atoms with Gasteiger partial charge in [0.15, 0.2) is 0 Å². The van der Waals surface area contributed by atoms with E-state index in [4.69, 9.17) is 5.73 Å². The molecule has 1 aromatic rings. The van der Waals surface area contributed by atoms with Crippen molar-refractivity contribution in [1.82, 2.24) is 4.90 Å². The predicted molar refractivity (Wildman–Crippen MR) is 66.9 cm³/mol. The highest BCUT2D eigenvalue weighted by Gasteiger charge is 2.30. The second-order valence-electron chi connectivity index (χ2n) is 5.51. The molecule has 2 aliphatic rings. The zero-order valence-corrected chi connectivity index (χ0v) is 9.95. The Morgan fingerprint density at radius 1 is 1.31 bits per heavy atom. The molecule has 3 rings (SSSR count). The van der Waals surface area contributed by atoms with Gasteiger partial charge in [-0.1, -0.05) is 13.0 Å². The Bertz CT molecular complexity index is 396. The van der Waals surface area contributed by atoms with Crippen LogP contribution >= 0.6 is 0 Å². The molecule has 1 aliphatic heterocycles. The van der Waals surface area contributed by atoms with Gasteiger partial charge in [-0.05, 0) is 47.9 Å². The fourth-order valence-corrected chi connectivity index (χ4v) is 2.84. The monoisotopic (exact) mass is 216 g/mol. The van der Waals surface area contributed by atoms with Crippen LogP contribution in [-0.2, 0) is 13.1 Å². The van der Waals surface area contributed by atoms with Crippen LogP contribution in [0.3, 0.4) is 0 Å². The van der Waals surface area contributed by atoms with Crippen LogP contribution in [0.2, 0.25) is 0 Å². The molecule has 1 atom stereocenters. The first-order chi connectivity index (χ1) is 7.72. The maximum Gasteiger partial charge on any atom is 0.0317 e. The zero-order valence-electron chi connectivity index (χ0n) is 9.95. The zero-order chi connectivity index (χ0) is 11.1. The third-order valence-electron chi connectivity index (χ3n) is 3.99. The summed E-state index contributed by atoms with van der Waals surface area (Å²) in [5.41, 5.74) is 9.62. The number of anilines is 1. The van der Waals surface area contributed by atoms with Gasteiger partial charge in [0.25, 0.3) is 0 Å². The molecule has 0 saturated heterocycles. The van der Waals surface area contributed by atoms with Gasteiger partial charge in [-0.25, -0.2) is 0 Å². The van der Waals surface area contributed by atoms with Gasteiger partial charge >= 0.3 is 0 Å². The number of hydrogen-bond donors (Lipinski definition) is 1. The standard InChI is InChI=1S/C14H20N2/c1-10(11-2-3-11)7-16-8-12-4-5-14(15)6-13(12)9-16/h4-6,10-11H,2-3,7-9,15H2,1H3. The van der Waals surface area contributed by atoms with Gasteiger partial charge in [-0.2, -0.15) is 0 Å². The van der Waals surface area contributed by atoms with Crippen LogP contribution in [0.1, 0.15) is 30.9 Å². The van der Waals surface area contributed by atoms with Crippen LogP contribution in [-0.4, -0.2) is 11.4 Å². The third kappa shape index (κ3) is 1.94. The van der Waals surface area contributed by atoms with Gasteiger partial charge in [-0.15, -0.1) is 0 Å². The number of rotatable bonds is 3. The van der Waals surface area contributed by atoms with E-state index in [2.05, 4.69) is 24.0 Å². The summed E-state index contributed by atoms with van der Waals surface area (Å²) in [6.45, 7) is 5.86. The van der Waals surface area contributed by atoms with E-state index in [1.54, 1.807) is 0 Å². The Hall–Kier alpha value is -1.02. The first-order valence-electron chi connectivity index (χ1n) is 6.32. The van der Waals surface area contributed by atoms with Crippen molar-refractivity contribution in [2.75, 3.05) is 12.3 Å². The fourth-order valence-electron chi connectivity index (χ4n) is 2.84. The van der Waals surface area contributed by atoms with Gasteiger partial charge in [0.05, 0.1) is 0 Å². The molecular weight excluding hydrogens is 196 g/mol. The highest BCUT2D eigenvalue weighted by atomic mass is 15.1. The average molecular weight is 216 g/mol. The quantitative estimate of drug-likeness (QED) is 0.787. The van der Waals surface area contributed by atoms with Gasteiger partial charge in [0.2, 0.25) is 0 Å². The maximum absolute atomic E-state index is 5.82. The molecule has 2 N–H and O–H groups in total. The molecule has 2 nitrogen and oxygen atoms in total. The van der Waals surface area contributed by atoms with Gasteiger partial charge in [0.1, 0.15) is 0 Å². The summed E-state index contributed by atoms with van der Waals surface area (Å²) in [5.74, 6) is 1.88. The smallest absolute Gasteiger partial charge is 0.0317 e. The Kier molecular flexibility index (Phi) is 2.40. The molecule has 1 aliphatic carbocycles. The van der Waals surface area contributed by atoms with Crippen LogP contribution in [0.15, 0.2) is 18.2 Å². The Labute approximate surface area is 97.4 Å². The Balaban J connectivity index is 1.65. The van der Waals surface area contributed by atoms with Gasteiger partial charge in [0, 0.05) is 25.3 Å². The van der Waals surface area contributed by atoms with Crippen molar-refractivity contribution in [3.63, 3.8) is 0 Å². The van der Waals surface area contributed by atoms with E-state index in [1.165, 1.54) is 30.5 Å². The van der Waals surface area contributed by atoms with E-state index < -0.39 is 0 Å². The Morgan fingerprint density at radius 3 is 2.81 bits per heavy atom. The van der Waals surface area contributed by atoms with Crippen LogP contribution in [0.4, 0.5) is 5.69 Å². The second kappa shape index (κ2) is 3.77. The third-order valence-corrected chi connectivity index (χ3v) is 3.99. The van der Waals surface area contributed by atoms with E-state index in [9.17, 15) is 0 Å². The summed E-state index contributed by atoms with van der Waals surface area (Å²) in [6, 6.07) is 6.34. The number of nitrogens with zero attached hydrogens (tertiary/aromatic N) is 1. The molecule has 1 fully saturated rings. The fraction of sp³-hybridized carbons (Fsp3) is 0.571. The molecule has 0 spiro atoms. The minimum absolute atomic E-state index is 0.867. The lowest BCUT2D eigenvalue weighted by atomic mass is 10.1. The van der Waals surface area contributed by atoms with E-state index in [0.717, 1.165) is 30.6 Å². The van der Waals surface area contributed by atoms with Crippen molar-refractivity contribution in [3.05, 3.63) is 29.3 Å². The van der Waals surface area contributed by atoms with Crippen molar-refractivity contribution in [2.24, 2.45) is 11.8 Å². The molecule has 1 unspecified atom stereocenters. The average Bonchev–Trinajstić information content (AvgIpc) is 3.00. The minimum atomic E-state index is 0.867. The normalized spacial score (nSPS) is 22.1. The second-order valence-corrected chi connectivity index (χ2v) is 5.51. The van der Waals surface area contributed by atoms with E-state index in [1.807, 2.05) is 6.07 Å². The molecule has 1 heterocycles. The van der Waals surface area contributed by atoms with Gasteiger partial charge in [-0.3, -0.25) is 4.90 Å². The number of nitrogen functional groups attached to an aromatic ring is 1. The van der Waals surface area contributed by atoms with Crippen molar-refractivity contribution in [1.29, 1.82) is 0 Å². The minimum Gasteiger partial charge on any atom is -0.399 e. The molecular formula is C14H20N2. The number of hydrogen-bond acceptors (Lipinski definition) is 2. The molecule has 0 amide bonds. The first-order valence-corrected chi connectivity index (χ1v) is 6.32. The van der Waals surface area contributed by atoms with Crippen molar-refractivity contribution in [3.8, 4) is 0 Å². The van der Waals surface area contributed by atoms with Crippen LogP contribution in [0, 0.1) is 11.8 Å². The highest BCUT2D eigenvalue weighted by molar-refractivity contribution is 5.46. The predicted octanol–water partition coefficient (Wildman–Crippen LogP) is 2.63. The maximum atomic E-state index is 5.82. The molecule has 0 radical (unpaired) electrons. The summed E-state index contributed by atoms with van der Waals surface area (Å²) in [4.78, 5) is 2.56. The van der Waals surface area contributed by atoms with Crippen molar-refractivity contribution in [2.45, 2.75) is 32.9 Å². The van der Waals surface area contributed by atoms with Crippen LogP contribution < -0.4 is 5.73 Å². The van der Waals surface area contributed by atoms with E-state index in [-0.39, 0.29) is 0 Å². The molecule has 1 saturated carbocycles. The van der Waals surface area contributed by atoms with Crippen molar-refractivity contribution < 1.29 is 0 Å².